The lowest BCUT2D eigenvalue weighted by Crippen LogP contribution is -2.54. The Morgan fingerprint density at radius 3 is 2.44 bits per heavy atom. The van der Waals surface area contributed by atoms with E-state index in [4.69, 9.17) is 0 Å². The number of alkyl halides is 3. The van der Waals surface area contributed by atoms with E-state index in [1.807, 2.05) is 0 Å². The molecule has 2 amide bonds. The molecule has 0 spiro atoms. The van der Waals surface area contributed by atoms with Crippen LogP contribution in [0.5, 0.6) is 0 Å². The number of fused-ring (bicyclic) bond motifs is 1. The van der Waals surface area contributed by atoms with Gasteiger partial charge in [0.05, 0.1) is 29.9 Å². The van der Waals surface area contributed by atoms with Crippen LogP contribution in [-0.2, 0) is 25.0 Å². The first kappa shape index (κ1) is 26.9. The summed E-state index contributed by atoms with van der Waals surface area (Å²) in [6.45, 7) is -0.350. The molecule has 2 aliphatic rings. The van der Waals surface area contributed by atoms with Crippen LogP contribution in [0.2, 0.25) is 0 Å². The molecule has 2 aromatic heterocycles. The minimum atomic E-state index is -3.55. The van der Waals surface area contributed by atoms with Gasteiger partial charge in [-0.05, 0) is 42.7 Å². The Morgan fingerprint density at radius 1 is 1.08 bits per heavy atom. The van der Waals surface area contributed by atoms with Gasteiger partial charge in [0.2, 0.25) is 27.8 Å². The molecule has 0 radical (unpaired) electrons. The van der Waals surface area contributed by atoms with Gasteiger partial charge in [-0.2, -0.15) is 5.10 Å². The minimum Gasteiger partial charge on any atom is -0.327 e. The molecule has 208 valence electrons. The van der Waals surface area contributed by atoms with Crippen molar-refractivity contribution in [3.63, 3.8) is 0 Å². The molecule has 10 nitrogen and oxygen atoms in total. The number of aromatic amines is 1. The molecule has 5 rings (SSSR count). The smallest absolute Gasteiger partial charge is 0.248 e. The highest BCUT2D eigenvalue weighted by Crippen LogP contribution is 2.47. The van der Waals surface area contributed by atoms with Gasteiger partial charge in [-0.15, -0.1) is 0 Å². The summed E-state index contributed by atoms with van der Waals surface area (Å²) in [7, 11) is -3.55. The largest absolute Gasteiger partial charge is 0.327 e. The van der Waals surface area contributed by atoms with Gasteiger partial charge in [-0.3, -0.25) is 19.4 Å². The normalized spacial score (nSPS) is 22.5. The average Bonchev–Trinajstić information content (AvgIpc) is 3.49. The van der Waals surface area contributed by atoms with Crippen molar-refractivity contribution >= 4 is 44.4 Å². The maximum atomic E-state index is 14.7. The van der Waals surface area contributed by atoms with Gasteiger partial charge in [-0.1, -0.05) is 12.1 Å². The molecule has 1 aromatic carbocycles. The third kappa shape index (κ3) is 5.56. The fourth-order valence-electron chi connectivity index (χ4n) is 5.38. The predicted octanol–water partition coefficient (Wildman–Crippen LogP) is 3.35. The minimum absolute atomic E-state index is 0.199. The monoisotopic (exact) mass is 564 g/mol. The summed E-state index contributed by atoms with van der Waals surface area (Å²) >= 11 is 0. The van der Waals surface area contributed by atoms with Gasteiger partial charge < -0.3 is 10.2 Å². The van der Waals surface area contributed by atoms with Gasteiger partial charge in [0.1, 0.15) is 23.5 Å². The van der Waals surface area contributed by atoms with E-state index >= 15 is 0 Å². The average molecular weight is 565 g/mol. The molecular formula is C25H27F3N6O4S. The first-order chi connectivity index (χ1) is 18.4. The number of anilines is 2. The van der Waals surface area contributed by atoms with Crippen molar-refractivity contribution in [2.24, 2.45) is 0 Å². The highest BCUT2D eigenvalue weighted by atomic mass is 32.2. The Labute approximate surface area is 222 Å². The Hall–Kier alpha value is -3.68. The van der Waals surface area contributed by atoms with Crippen LogP contribution in [-0.4, -0.2) is 71.2 Å². The van der Waals surface area contributed by atoms with Gasteiger partial charge in [0, 0.05) is 24.9 Å². The van der Waals surface area contributed by atoms with Crippen molar-refractivity contribution in [2.75, 3.05) is 22.8 Å². The van der Waals surface area contributed by atoms with Crippen LogP contribution in [0.4, 0.5) is 24.7 Å². The number of amides is 2. The Morgan fingerprint density at radius 2 is 1.77 bits per heavy atom. The van der Waals surface area contributed by atoms with E-state index in [2.05, 4.69) is 25.2 Å². The van der Waals surface area contributed by atoms with Crippen molar-refractivity contribution in [3.8, 4) is 0 Å². The Balaban J connectivity index is 1.43. The van der Waals surface area contributed by atoms with Crippen LogP contribution in [0, 0.1) is 0 Å². The summed E-state index contributed by atoms with van der Waals surface area (Å²) < 4.78 is 68.6. The number of rotatable bonds is 6. The number of halogens is 3. The number of hydrogen-bond donors (Lipinski definition) is 3. The zero-order chi connectivity index (χ0) is 28.0. The van der Waals surface area contributed by atoms with Crippen LogP contribution in [0.15, 0.2) is 42.6 Å². The number of nitrogens with one attached hydrogen (secondary N) is 3. The van der Waals surface area contributed by atoms with Crippen molar-refractivity contribution in [2.45, 2.75) is 55.7 Å². The SMILES string of the molecule is CS(=O)(=O)Nc1ccc(C2(C(=O)N3C[C@H](F)C[C@@H]3C(=O)Nc3ccc4[nH]ncc4n3)CCC(F)(F)CC2)cc1. The van der Waals surface area contributed by atoms with Gasteiger partial charge in [-0.25, -0.2) is 26.6 Å². The molecule has 3 heterocycles. The molecule has 1 saturated carbocycles. The molecule has 2 fully saturated rings. The highest BCUT2D eigenvalue weighted by Gasteiger charge is 2.53. The predicted molar refractivity (Wildman–Crippen MR) is 138 cm³/mol. The summed E-state index contributed by atoms with van der Waals surface area (Å²) in [6.07, 6.45) is -0.777. The third-order valence-corrected chi connectivity index (χ3v) is 7.95. The quantitative estimate of drug-likeness (QED) is 0.420. The Bertz CT molecular complexity index is 1500. The second kappa shape index (κ2) is 9.81. The van der Waals surface area contributed by atoms with Crippen molar-refractivity contribution < 1.29 is 31.2 Å². The van der Waals surface area contributed by atoms with Crippen LogP contribution in [0.3, 0.4) is 0 Å². The van der Waals surface area contributed by atoms with Crippen LogP contribution >= 0.6 is 0 Å². The molecule has 39 heavy (non-hydrogen) atoms. The Kier molecular flexibility index (Phi) is 6.77. The molecule has 1 aliphatic carbocycles. The summed E-state index contributed by atoms with van der Waals surface area (Å²) in [5.74, 6) is -4.00. The number of sulfonamides is 1. The molecule has 2 atom stereocenters. The van der Waals surface area contributed by atoms with Crippen molar-refractivity contribution in [1.82, 2.24) is 20.1 Å². The van der Waals surface area contributed by atoms with E-state index in [0.29, 0.717) is 16.6 Å². The molecule has 1 aliphatic heterocycles. The van der Waals surface area contributed by atoms with E-state index in [0.717, 1.165) is 11.2 Å². The lowest BCUT2D eigenvalue weighted by atomic mass is 9.67. The zero-order valence-electron chi connectivity index (χ0n) is 21.0. The number of carbonyl (C=O) groups is 2. The number of aromatic nitrogens is 3. The number of H-pyrrole nitrogens is 1. The number of hydrogen-bond acceptors (Lipinski definition) is 6. The summed E-state index contributed by atoms with van der Waals surface area (Å²) in [4.78, 5) is 32.8. The third-order valence-electron chi connectivity index (χ3n) is 7.35. The number of pyridine rings is 1. The van der Waals surface area contributed by atoms with Gasteiger partial charge in [0.15, 0.2) is 0 Å². The van der Waals surface area contributed by atoms with Crippen molar-refractivity contribution in [1.29, 1.82) is 0 Å². The van der Waals surface area contributed by atoms with Crippen LogP contribution in [0.25, 0.3) is 11.0 Å². The van der Waals surface area contributed by atoms with E-state index in [1.54, 1.807) is 12.1 Å². The number of benzene rings is 1. The molecule has 1 saturated heterocycles. The van der Waals surface area contributed by atoms with E-state index in [9.17, 15) is 31.2 Å². The number of likely N-dealkylation sites (tertiary alicyclic amines) is 1. The lowest BCUT2D eigenvalue weighted by molar-refractivity contribution is -0.146. The maximum absolute atomic E-state index is 14.7. The molecule has 3 aromatic rings. The molecular weight excluding hydrogens is 537 g/mol. The maximum Gasteiger partial charge on any atom is 0.248 e. The molecule has 14 heteroatoms. The summed E-state index contributed by atoms with van der Waals surface area (Å²) in [5, 5.41) is 9.25. The second-order valence-corrected chi connectivity index (χ2v) is 11.9. The van der Waals surface area contributed by atoms with Gasteiger partial charge >= 0.3 is 0 Å². The topological polar surface area (TPSA) is 137 Å². The molecule has 0 unspecified atom stereocenters. The summed E-state index contributed by atoms with van der Waals surface area (Å²) in [6, 6.07) is 7.96. The lowest BCUT2D eigenvalue weighted by Gasteiger charge is -2.42. The fraction of sp³-hybridized carbons (Fsp3) is 0.440. The van der Waals surface area contributed by atoms with Crippen molar-refractivity contribution in [3.05, 3.63) is 48.2 Å². The van der Waals surface area contributed by atoms with E-state index in [1.165, 1.54) is 30.5 Å². The van der Waals surface area contributed by atoms with Crippen LogP contribution in [0.1, 0.15) is 37.7 Å². The first-order valence-corrected chi connectivity index (χ1v) is 14.3. The molecule has 0 bridgehead atoms. The van der Waals surface area contributed by atoms with E-state index < -0.39 is 58.2 Å². The number of nitrogens with zero attached hydrogens (tertiary/aromatic N) is 3. The van der Waals surface area contributed by atoms with Gasteiger partial charge in [0.25, 0.3) is 0 Å². The van der Waals surface area contributed by atoms with Crippen LogP contribution < -0.4 is 10.0 Å². The molecule has 3 N–H and O–H groups in total. The summed E-state index contributed by atoms with van der Waals surface area (Å²) in [5.41, 5.74) is 0.376. The zero-order valence-corrected chi connectivity index (χ0v) is 21.8. The first-order valence-electron chi connectivity index (χ1n) is 12.4. The standard InChI is InChI=1S/C25H27F3N6O4S/c1-39(37,38)33-17-4-2-15(3-5-17)24(8-10-25(27,28)11-9-24)23(36)34-14-16(26)12-20(34)22(35)31-21-7-6-18-19(30-21)13-29-32-18/h2-7,13,16,20,33H,8-12,14H2,1H3,(H,29,32)(H,30,31,35)/t16-,20-/m1/s1. The van der Waals surface area contributed by atoms with E-state index in [-0.39, 0.29) is 37.3 Å². The number of carbonyl (C=O) groups excluding carboxylic acids is 2. The fourth-order valence-corrected chi connectivity index (χ4v) is 5.95. The highest BCUT2D eigenvalue weighted by molar-refractivity contribution is 7.92. The second-order valence-electron chi connectivity index (χ2n) is 10.2.